The van der Waals surface area contributed by atoms with Crippen LogP contribution in [0.1, 0.15) is 11.9 Å². The fourth-order valence-corrected chi connectivity index (χ4v) is 5.15. The molecule has 1 fully saturated rings. The van der Waals surface area contributed by atoms with Gasteiger partial charge in [-0.25, -0.2) is 28.7 Å². The molecule has 3 N–H and O–H groups in total. The molecule has 5 aromatic rings. The van der Waals surface area contributed by atoms with Crippen LogP contribution in [-0.4, -0.2) is 46.6 Å². The number of pyridine rings is 1. The van der Waals surface area contributed by atoms with Gasteiger partial charge in [0.2, 0.25) is 5.09 Å². The molecule has 0 spiro atoms. The first-order valence-corrected chi connectivity index (χ1v) is 12.6. The molecule has 15 heteroatoms. The smallest absolute Gasteiger partial charge is 0.295 e. The Labute approximate surface area is 213 Å². The normalized spacial score (nSPS) is 14.3. The molecule has 0 atom stereocenters. The minimum atomic E-state index is -4.44. The number of nitrogens with zero attached hydrogens (tertiary/aromatic N) is 4. The number of anilines is 3. The molecule has 5 heterocycles. The van der Waals surface area contributed by atoms with Crippen LogP contribution in [0.4, 0.5) is 26.0 Å². The van der Waals surface area contributed by atoms with Crippen LogP contribution in [0.15, 0.2) is 65.0 Å². The lowest BCUT2D eigenvalue weighted by molar-refractivity contribution is -0.0472. The van der Waals surface area contributed by atoms with Gasteiger partial charge in [-0.1, -0.05) is 0 Å². The molecule has 6 rings (SSSR count). The van der Waals surface area contributed by atoms with Gasteiger partial charge in [-0.3, -0.25) is 4.72 Å². The van der Waals surface area contributed by atoms with E-state index in [1.807, 2.05) is 0 Å². The molecule has 12 nitrogen and oxygen atoms in total. The Kier molecular flexibility index (Phi) is 5.94. The number of H-pyrrole nitrogens is 1. The molecule has 38 heavy (non-hydrogen) atoms. The van der Waals surface area contributed by atoms with E-state index in [0.29, 0.717) is 22.4 Å². The number of hydrogen-bond donors (Lipinski definition) is 3. The highest BCUT2D eigenvalue weighted by Crippen LogP contribution is 2.35. The number of furan rings is 1. The molecule has 0 amide bonds. The van der Waals surface area contributed by atoms with Crippen LogP contribution < -0.4 is 10.0 Å². The molecular formula is C23H17F2N7O5S. The second-order valence-corrected chi connectivity index (χ2v) is 9.56. The van der Waals surface area contributed by atoms with Gasteiger partial charge in [0, 0.05) is 11.8 Å². The highest BCUT2D eigenvalue weighted by atomic mass is 32.2. The largest absolute Gasteiger partial charge is 0.451 e. The van der Waals surface area contributed by atoms with Crippen molar-refractivity contribution in [2.24, 2.45) is 0 Å². The van der Waals surface area contributed by atoms with Gasteiger partial charge >= 0.3 is 0 Å². The maximum atomic E-state index is 15.6. The number of benzene rings is 1. The van der Waals surface area contributed by atoms with Gasteiger partial charge in [0.05, 0.1) is 37.1 Å². The summed E-state index contributed by atoms with van der Waals surface area (Å²) in [5.41, 5.74) is 0.624. The highest BCUT2D eigenvalue weighted by molar-refractivity contribution is 7.92. The van der Waals surface area contributed by atoms with Crippen molar-refractivity contribution in [3.05, 3.63) is 72.6 Å². The number of ether oxygens (including phenoxy) is 2. The number of aromatic amines is 1. The van der Waals surface area contributed by atoms with E-state index in [-0.39, 0.29) is 24.6 Å². The molecule has 4 aromatic heterocycles. The Balaban J connectivity index is 1.35. The first kappa shape index (κ1) is 23.9. The van der Waals surface area contributed by atoms with Gasteiger partial charge < -0.3 is 24.2 Å². The zero-order valence-electron chi connectivity index (χ0n) is 19.2. The standard InChI is InChI=1S/C23H17F2N7O5S/c24-14-3-4-15(32-38(33,34)23-13(5-7-37-23)22-35-8-9-36-22)16(25)18(14)31-20-12(2-1-6-26-20)17-19-21(29-10-27-17)30-11-28-19/h1-7,10-11,22,32H,8-9H2,(H,26,31)(H,27,28,29,30). The zero-order valence-corrected chi connectivity index (χ0v) is 20.0. The van der Waals surface area contributed by atoms with Crippen LogP contribution in [0.5, 0.6) is 0 Å². The van der Waals surface area contributed by atoms with Crippen LogP contribution >= 0.6 is 0 Å². The van der Waals surface area contributed by atoms with E-state index in [2.05, 4.69) is 35.0 Å². The number of sulfonamides is 1. The van der Waals surface area contributed by atoms with Crippen LogP contribution in [0.25, 0.3) is 22.4 Å². The zero-order chi connectivity index (χ0) is 26.3. The molecule has 0 unspecified atom stereocenters. The third kappa shape index (κ3) is 4.21. The SMILES string of the molecule is O=S(=O)(Nc1ccc(F)c(Nc2ncccc2-c2ncnc3nc[nH]c23)c1F)c1occc1C1OCCO1. The highest BCUT2D eigenvalue weighted by Gasteiger charge is 2.31. The van der Waals surface area contributed by atoms with Crippen molar-refractivity contribution in [3.63, 3.8) is 0 Å². The molecule has 1 aromatic carbocycles. The number of nitrogens with one attached hydrogen (secondary N) is 3. The van der Waals surface area contributed by atoms with Crippen molar-refractivity contribution in [1.82, 2.24) is 24.9 Å². The maximum absolute atomic E-state index is 15.6. The maximum Gasteiger partial charge on any atom is 0.295 e. The molecule has 1 saturated heterocycles. The Bertz CT molecular complexity index is 1750. The number of halogens is 2. The Hall–Kier alpha value is -4.47. The van der Waals surface area contributed by atoms with E-state index in [1.165, 1.54) is 24.9 Å². The second-order valence-electron chi connectivity index (χ2n) is 7.97. The first-order chi connectivity index (χ1) is 18.4. The number of hydrogen-bond acceptors (Lipinski definition) is 10. The lowest BCUT2D eigenvalue weighted by atomic mass is 10.1. The lowest BCUT2D eigenvalue weighted by Gasteiger charge is -2.15. The topological polar surface area (TPSA) is 157 Å². The molecule has 1 aliphatic heterocycles. The van der Waals surface area contributed by atoms with Crippen molar-refractivity contribution in [2.45, 2.75) is 11.4 Å². The number of aromatic nitrogens is 5. The van der Waals surface area contributed by atoms with Gasteiger partial charge in [-0.15, -0.1) is 0 Å². The molecular weight excluding hydrogens is 524 g/mol. The first-order valence-electron chi connectivity index (χ1n) is 11.1. The van der Waals surface area contributed by atoms with Crippen LogP contribution in [0.2, 0.25) is 0 Å². The summed E-state index contributed by atoms with van der Waals surface area (Å²) in [6, 6.07) is 6.52. The van der Waals surface area contributed by atoms with Gasteiger partial charge in [-0.05, 0) is 30.3 Å². The van der Waals surface area contributed by atoms with Crippen molar-refractivity contribution in [3.8, 4) is 11.3 Å². The second kappa shape index (κ2) is 9.44. The fraction of sp³-hybridized carbons (Fsp3) is 0.130. The molecule has 0 aliphatic carbocycles. The summed E-state index contributed by atoms with van der Waals surface area (Å²) in [5.74, 6) is -2.13. The van der Waals surface area contributed by atoms with Gasteiger partial charge in [-0.2, -0.15) is 8.42 Å². The van der Waals surface area contributed by atoms with E-state index in [0.717, 1.165) is 18.4 Å². The predicted molar refractivity (Wildman–Crippen MR) is 129 cm³/mol. The summed E-state index contributed by atoms with van der Waals surface area (Å²) < 4.78 is 74.4. The minimum absolute atomic E-state index is 0.0590. The summed E-state index contributed by atoms with van der Waals surface area (Å²) in [4.78, 5) is 19.5. The summed E-state index contributed by atoms with van der Waals surface area (Å²) in [5, 5.41) is 2.12. The van der Waals surface area contributed by atoms with E-state index in [4.69, 9.17) is 13.9 Å². The minimum Gasteiger partial charge on any atom is -0.451 e. The molecule has 0 saturated carbocycles. The Morgan fingerprint density at radius 2 is 1.87 bits per heavy atom. The van der Waals surface area contributed by atoms with Gasteiger partial charge in [0.1, 0.15) is 34.9 Å². The Morgan fingerprint density at radius 3 is 2.71 bits per heavy atom. The van der Waals surface area contributed by atoms with E-state index in [1.54, 1.807) is 12.1 Å². The summed E-state index contributed by atoms with van der Waals surface area (Å²) >= 11 is 0. The third-order valence-electron chi connectivity index (χ3n) is 5.64. The number of imidazole rings is 1. The third-order valence-corrected chi connectivity index (χ3v) is 6.95. The van der Waals surface area contributed by atoms with E-state index < -0.39 is 44.4 Å². The van der Waals surface area contributed by atoms with Gasteiger partial charge in [0.25, 0.3) is 10.0 Å². The van der Waals surface area contributed by atoms with Crippen molar-refractivity contribution >= 4 is 38.4 Å². The van der Waals surface area contributed by atoms with E-state index in [9.17, 15) is 12.8 Å². The quantitative estimate of drug-likeness (QED) is 0.276. The predicted octanol–water partition coefficient (Wildman–Crippen LogP) is 3.88. The van der Waals surface area contributed by atoms with Crippen LogP contribution in [-0.2, 0) is 19.5 Å². The number of rotatable bonds is 7. The average molecular weight is 541 g/mol. The average Bonchev–Trinajstić information content (AvgIpc) is 3.69. The van der Waals surface area contributed by atoms with Gasteiger partial charge in [0.15, 0.2) is 17.8 Å². The Morgan fingerprint density at radius 1 is 1.03 bits per heavy atom. The molecule has 0 radical (unpaired) electrons. The van der Waals surface area contributed by atoms with Crippen LogP contribution in [0, 0.1) is 11.6 Å². The lowest BCUT2D eigenvalue weighted by Crippen LogP contribution is -2.17. The number of fused-ring (bicyclic) bond motifs is 1. The van der Waals surface area contributed by atoms with Crippen molar-refractivity contribution in [2.75, 3.05) is 23.3 Å². The fourth-order valence-electron chi connectivity index (χ4n) is 3.96. The molecule has 194 valence electrons. The molecule has 1 aliphatic rings. The summed E-state index contributed by atoms with van der Waals surface area (Å²) in [6.45, 7) is 0.557. The summed E-state index contributed by atoms with van der Waals surface area (Å²) in [6.07, 6.45) is 4.37. The monoisotopic (exact) mass is 541 g/mol. The van der Waals surface area contributed by atoms with E-state index >= 15 is 4.39 Å². The summed E-state index contributed by atoms with van der Waals surface area (Å²) in [7, 11) is -4.44. The van der Waals surface area contributed by atoms with Crippen LogP contribution in [0.3, 0.4) is 0 Å². The van der Waals surface area contributed by atoms with Crippen molar-refractivity contribution < 1.29 is 31.1 Å². The van der Waals surface area contributed by atoms with Crippen molar-refractivity contribution in [1.29, 1.82) is 0 Å². The molecule has 0 bridgehead atoms.